The molecule has 2 N–H and O–H groups in total. The van der Waals surface area contributed by atoms with Crippen LogP contribution in [0.25, 0.3) is 0 Å². The van der Waals surface area contributed by atoms with Crippen LogP contribution in [0.15, 0.2) is 30.4 Å². The summed E-state index contributed by atoms with van der Waals surface area (Å²) in [6, 6.07) is 6.39. The van der Waals surface area contributed by atoms with Crippen molar-refractivity contribution >= 4 is 0 Å². The average molecular weight is 219 g/mol. The number of benzene rings is 1. The number of hydrogen-bond donors (Lipinski definition) is 1. The van der Waals surface area contributed by atoms with Gasteiger partial charge in [-0.05, 0) is 30.0 Å². The molecule has 0 aliphatic rings. The van der Waals surface area contributed by atoms with Crippen LogP contribution in [0.4, 0.5) is 0 Å². The molecule has 0 aliphatic carbocycles. The van der Waals surface area contributed by atoms with Crippen molar-refractivity contribution in [1.82, 2.24) is 0 Å². The number of nitrogens with two attached hydrogens (primary N) is 1. The zero-order chi connectivity index (χ0) is 12.0. The van der Waals surface area contributed by atoms with Crippen LogP contribution in [0, 0.1) is 6.92 Å². The third kappa shape index (κ3) is 3.70. The molecule has 0 aromatic heterocycles. The van der Waals surface area contributed by atoms with Gasteiger partial charge in [0.2, 0.25) is 0 Å². The van der Waals surface area contributed by atoms with Crippen molar-refractivity contribution in [2.45, 2.75) is 26.7 Å². The first kappa shape index (κ1) is 12.8. The summed E-state index contributed by atoms with van der Waals surface area (Å²) < 4.78 is 5.69. The minimum atomic E-state index is 0.530. The summed E-state index contributed by atoms with van der Waals surface area (Å²) in [5, 5.41) is 0. The lowest BCUT2D eigenvalue weighted by Crippen LogP contribution is -1.99. The molecule has 88 valence electrons. The highest BCUT2D eigenvalue weighted by Gasteiger charge is 2.03. The van der Waals surface area contributed by atoms with E-state index < -0.39 is 0 Å². The molecule has 0 unspecified atom stereocenters. The van der Waals surface area contributed by atoms with Crippen molar-refractivity contribution in [1.29, 1.82) is 0 Å². The minimum absolute atomic E-state index is 0.530. The Labute approximate surface area is 98.1 Å². The standard InChI is InChI=1S/C14H21NO/c1-11(2)13-7-6-12(3)14(10-13)16-9-5-4-8-15/h4-7,10-11H,8-9,15H2,1-3H3. The van der Waals surface area contributed by atoms with Gasteiger partial charge in [-0.2, -0.15) is 0 Å². The van der Waals surface area contributed by atoms with Gasteiger partial charge in [0.05, 0.1) is 0 Å². The molecule has 2 heteroatoms. The van der Waals surface area contributed by atoms with Gasteiger partial charge >= 0.3 is 0 Å². The highest BCUT2D eigenvalue weighted by molar-refractivity contribution is 5.37. The summed E-state index contributed by atoms with van der Waals surface area (Å²) in [6.07, 6.45) is 3.85. The van der Waals surface area contributed by atoms with Crippen molar-refractivity contribution in [3.05, 3.63) is 41.5 Å². The van der Waals surface area contributed by atoms with E-state index in [4.69, 9.17) is 10.5 Å². The molecule has 0 spiro atoms. The van der Waals surface area contributed by atoms with Crippen molar-refractivity contribution in [3.8, 4) is 5.75 Å². The summed E-state index contributed by atoms with van der Waals surface area (Å²) in [4.78, 5) is 0. The number of ether oxygens (including phenoxy) is 1. The molecule has 0 bridgehead atoms. The molecule has 1 aromatic carbocycles. The second-order valence-electron chi connectivity index (χ2n) is 4.20. The maximum atomic E-state index is 5.69. The van der Waals surface area contributed by atoms with E-state index in [1.807, 2.05) is 12.2 Å². The monoisotopic (exact) mass is 219 g/mol. The van der Waals surface area contributed by atoms with Crippen LogP contribution in [-0.4, -0.2) is 13.2 Å². The lowest BCUT2D eigenvalue weighted by atomic mass is 10.0. The first-order valence-corrected chi connectivity index (χ1v) is 5.73. The third-order valence-electron chi connectivity index (χ3n) is 2.52. The molecule has 0 heterocycles. The van der Waals surface area contributed by atoms with Gasteiger partial charge in [0.25, 0.3) is 0 Å². The molecule has 0 saturated heterocycles. The van der Waals surface area contributed by atoms with Crippen LogP contribution >= 0.6 is 0 Å². The molecule has 0 amide bonds. The third-order valence-corrected chi connectivity index (χ3v) is 2.52. The summed E-state index contributed by atoms with van der Waals surface area (Å²) in [5.41, 5.74) is 7.84. The fourth-order valence-corrected chi connectivity index (χ4v) is 1.43. The Hall–Kier alpha value is -1.28. The number of aryl methyl sites for hydroxylation is 1. The van der Waals surface area contributed by atoms with Gasteiger partial charge in [0.15, 0.2) is 0 Å². The van der Waals surface area contributed by atoms with Crippen LogP contribution in [0.3, 0.4) is 0 Å². The maximum Gasteiger partial charge on any atom is 0.122 e. The van der Waals surface area contributed by atoms with Gasteiger partial charge in [0, 0.05) is 6.54 Å². The van der Waals surface area contributed by atoms with Crippen LogP contribution in [0.1, 0.15) is 30.9 Å². The molecular formula is C14H21NO. The Morgan fingerprint density at radius 1 is 1.31 bits per heavy atom. The van der Waals surface area contributed by atoms with Crippen LogP contribution in [0.5, 0.6) is 5.75 Å². The Bertz CT molecular complexity index is 356. The van der Waals surface area contributed by atoms with Crippen molar-refractivity contribution in [2.75, 3.05) is 13.2 Å². The molecular weight excluding hydrogens is 198 g/mol. The minimum Gasteiger partial charge on any atom is -0.489 e. The van der Waals surface area contributed by atoms with Crippen molar-refractivity contribution < 1.29 is 4.74 Å². The van der Waals surface area contributed by atoms with Gasteiger partial charge in [-0.15, -0.1) is 0 Å². The quantitative estimate of drug-likeness (QED) is 0.773. The van der Waals surface area contributed by atoms with E-state index in [9.17, 15) is 0 Å². The fraction of sp³-hybridized carbons (Fsp3) is 0.429. The number of rotatable bonds is 5. The highest BCUT2D eigenvalue weighted by Crippen LogP contribution is 2.24. The Morgan fingerprint density at radius 3 is 2.69 bits per heavy atom. The Balaban J connectivity index is 2.70. The largest absolute Gasteiger partial charge is 0.489 e. The molecule has 0 atom stereocenters. The zero-order valence-electron chi connectivity index (χ0n) is 10.4. The van der Waals surface area contributed by atoms with Gasteiger partial charge in [-0.3, -0.25) is 0 Å². The zero-order valence-corrected chi connectivity index (χ0v) is 10.4. The molecule has 16 heavy (non-hydrogen) atoms. The first-order chi connectivity index (χ1) is 7.65. The Morgan fingerprint density at radius 2 is 2.06 bits per heavy atom. The van der Waals surface area contributed by atoms with E-state index in [0.29, 0.717) is 19.1 Å². The summed E-state index contributed by atoms with van der Waals surface area (Å²) >= 11 is 0. The maximum absolute atomic E-state index is 5.69. The second kappa shape index (κ2) is 6.33. The van der Waals surface area contributed by atoms with E-state index in [2.05, 4.69) is 39.0 Å². The van der Waals surface area contributed by atoms with Crippen molar-refractivity contribution in [3.63, 3.8) is 0 Å². The van der Waals surface area contributed by atoms with Gasteiger partial charge in [-0.1, -0.05) is 38.1 Å². The van der Waals surface area contributed by atoms with Crippen molar-refractivity contribution in [2.24, 2.45) is 5.73 Å². The van der Waals surface area contributed by atoms with Gasteiger partial charge in [0.1, 0.15) is 12.4 Å². The van der Waals surface area contributed by atoms with E-state index in [-0.39, 0.29) is 0 Å². The first-order valence-electron chi connectivity index (χ1n) is 5.73. The molecule has 1 rings (SSSR count). The highest BCUT2D eigenvalue weighted by atomic mass is 16.5. The Kier molecular flexibility index (Phi) is 5.06. The predicted octanol–water partition coefficient (Wildman–Crippen LogP) is 3.01. The smallest absolute Gasteiger partial charge is 0.122 e. The average Bonchev–Trinajstić information content (AvgIpc) is 2.26. The molecule has 0 saturated carbocycles. The van der Waals surface area contributed by atoms with Crippen LogP contribution < -0.4 is 10.5 Å². The van der Waals surface area contributed by atoms with Gasteiger partial charge in [-0.25, -0.2) is 0 Å². The lowest BCUT2D eigenvalue weighted by Gasteiger charge is -2.11. The molecule has 2 nitrogen and oxygen atoms in total. The summed E-state index contributed by atoms with van der Waals surface area (Å²) in [6.45, 7) is 7.57. The van der Waals surface area contributed by atoms with Gasteiger partial charge < -0.3 is 10.5 Å². The predicted molar refractivity (Wildman–Crippen MR) is 69.0 cm³/mol. The number of hydrogen-bond acceptors (Lipinski definition) is 2. The van der Waals surface area contributed by atoms with E-state index >= 15 is 0 Å². The topological polar surface area (TPSA) is 35.2 Å². The van der Waals surface area contributed by atoms with E-state index in [0.717, 1.165) is 5.75 Å². The summed E-state index contributed by atoms with van der Waals surface area (Å²) in [5.74, 6) is 1.50. The molecule has 1 aromatic rings. The van der Waals surface area contributed by atoms with E-state index in [1.54, 1.807) is 0 Å². The molecule has 0 radical (unpaired) electrons. The van der Waals surface area contributed by atoms with Crippen LogP contribution in [-0.2, 0) is 0 Å². The summed E-state index contributed by atoms with van der Waals surface area (Å²) in [7, 11) is 0. The van der Waals surface area contributed by atoms with E-state index in [1.165, 1.54) is 11.1 Å². The molecule has 0 aliphatic heterocycles. The second-order valence-corrected chi connectivity index (χ2v) is 4.20. The van der Waals surface area contributed by atoms with Crippen LogP contribution in [0.2, 0.25) is 0 Å². The lowest BCUT2D eigenvalue weighted by molar-refractivity contribution is 0.359. The molecule has 0 fully saturated rings. The fourth-order valence-electron chi connectivity index (χ4n) is 1.43. The SMILES string of the molecule is Cc1ccc(C(C)C)cc1OCC=CCN. The normalized spacial score (nSPS) is 11.3.